The number of carbonyl (C=O) groups is 4. The van der Waals surface area contributed by atoms with Gasteiger partial charge >= 0.3 is 0 Å². The van der Waals surface area contributed by atoms with Gasteiger partial charge in [0.2, 0.25) is 24.1 Å². The first-order valence-corrected chi connectivity index (χ1v) is 10.7. The van der Waals surface area contributed by atoms with Crippen molar-refractivity contribution >= 4 is 42.7 Å². The third-order valence-electron chi connectivity index (χ3n) is 4.23. The topological polar surface area (TPSA) is 181 Å². The Bertz CT molecular complexity index is 783. The monoisotopic (exact) mass is 465 g/mol. The molecule has 1 rings (SSSR count). The summed E-state index contributed by atoms with van der Waals surface area (Å²) in [5.74, 6) is -0.730. The van der Waals surface area contributed by atoms with Crippen molar-refractivity contribution in [2.75, 3.05) is 25.4 Å². The highest BCUT2D eigenvalue weighted by Gasteiger charge is 2.21. The van der Waals surface area contributed by atoms with E-state index < -0.39 is 11.9 Å². The zero-order chi connectivity index (χ0) is 23.8. The van der Waals surface area contributed by atoms with Crippen molar-refractivity contribution < 1.29 is 19.2 Å². The molecule has 11 nitrogen and oxygen atoms in total. The fraction of sp³-hybridized carbons (Fsp3) is 0.450. The molecule has 0 bridgehead atoms. The summed E-state index contributed by atoms with van der Waals surface area (Å²) in [4.78, 5) is 51.0. The maximum absolute atomic E-state index is 12.5. The zero-order valence-corrected chi connectivity index (χ0v) is 18.7. The number of nitrogens with zero attached hydrogens (tertiary/aromatic N) is 1. The second kappa shape index (κ2) is 15.5. The Morgan fingerprint density at radius 3 is 2.38 bits per heavy atom. The Morgan fingerprint density at radius 1 is 1.06 bits per heavy atom. The second-order valence-electron chi connectivity index (χ2n) is 6.85. The number of thiol groups is 1. The summed E-state index contributed by atoms with van der Waals surface area (Å²) in [7, 11) is 0. The van der Waals surface area contributed by atoms with Crippen LogP contribution in [0.5, 0.6) is 0 Å². The standard InChI is InChI=1S/C20H31N7O4S/c21-20(22)25-7-1-2-16(19(31)26-12-18(30)24-8-9-32)27-17(29)10-14-3-5-15(6-4-14)11-23-13-28/h3-6,13,16,32H,1-2,7-12H2,(H,23,28)(H,24,30)(H,26,31)(H,27,29)(H4,21,22,25). The molecule has 0 aliphatic rings. The van der Waals surface area contributed by atoms with E-state index in [2.05, 4.69) is 38.9 Å². The SMILES string of the molecule is NC(N)=NCCCC(NC(=O)Cc1ccc(CNC=O)cc1)C(=O)NCC(=O)NCCS. The molecule has 8 N–H and O–H groups in total. The minimum absolute atomic E-state index is 0.0531. The smallest absolute Gasteiger partial charge is 0.243 e. The number of hydrogen-bond donors (Lipinski definition) is 7. The van der Waals surface area contributed by atoms with Gasteiger partial charge in [-0.2, -0.15) is 12.6 Å². The lowest BCUT2D eigenvalue weighted by molar-refractivity contribution is -0.130. The number of carbonyl (C=O) groups excluding carboxylic acids is 4. The molecular formula is C20H31N7O4S. The van der Waals surface area contributed by atoms with Gasteiger partial charge in [0, 0.05) is 25.4 Å². The van der Waals surface area contributed by atoms with E-state index in [1.807, 2.05) is 12.1 Å². The average Bonchev–Trinajstić information content (AvgIpc) is 2.77. The summed E-state index contributed by atoms with van der Waals surface area (Å²) in [6, 6.07) is 6.33. The number of amides is 4. The number of benzene rings is 1. The first-order valence-electron chi connectivity index (χ1n) is 10.1. The molecule has 0 saturated heterocycles. The second-order valence-corrected chi connectivity index (χ2v) is 7.30. The van der Waals surface area contributed by atoms with E-state index in [0.717, 1.165) is 11.1 Å². The van der Waals surface area contributed by atoms with Gasteiger partial charge < -0.3 is 32.7 Å². The van der Waals surface area contributed by atoms with Crippen LogP contribution >= 0.6 is 12.6 Å². The Balaban J connectivity index is 2.66. The summed E-state index contributed by atoms with van der Waals surface area (Å²) >= 11 is 4.00. The van der Waals surface area contributed by atoms with Gasteiger partial charge in [-0.05, 0) is 24.0 Å². The maximum Gasteiger partial charge on any atom is 0.243 e. The Hall–Kier alpha value is -3.28. The lowest BCUT2D eigenvalue weighted by Gasteiger charge is -2.18. The predicted octanol–water partition coefficient (Wildman–Crippen LogP) is -1.82. The van der Waals surface area contributed by atoms with Gasteiger partial charge in [0.25, 0.3) is 0 Å². The minimum Gasteiger partial charge on any atom is -0.370 e. The van der Waals surface area contributed by atoms with Crippen LogP contribution in [-0.2, 0) is 32.1 Å². The van der Waals surface area contributed by atoms with Gasteiger partial charge in [0.05, 0.1) is 13.0 Å². The summed E-state index contributed by atoms with van der Waals surface area (Å²) < 4.78 is 0. The van der Waals surface area contributed by atoms with Crippen molar-refractivity contribution in [2.24, 2.45) is 16.5 Å². The molecule has 12 heteroatoms. The Labute approximate surface area is 192 Å². The molecule has 0 aliphatic heterocycles. The van der Waals surface area contributed by atoms with Crippen LogP contribution in [0.4, 0.5) is 0 Å². The summed E-state index contributed by atoms with van der Waals surface area (Å²) in [5, 5.41) is 10.4. The van der Waals surface area contributed by atoms with Gasteiger partial charge in [-0.3, -0.25) is 24.2 Å². The molecule has 0 radical (unpaired) electrons. The summed E-state index contributed by atoms with van der Waals surface area (Å²) in [5.41, 5.74) is 12.3. The number of guanidine groups is 1. The van der Waals surface area contributed by atoms with Crippen LogP contribution < -0.4 is 32.7 Å². The van der Waals surface area contributed by atoms with E-state index >= 15 is 0 Å². The lowest BCUT2D eigenvalue weighted by atomic mass is 10.1. The number of rotatable bonds is 15. The van der Waals surface area contributed by atoms with E-state index in [0.29, 0.717) is 44.6 Å². The van der Waals surface area contributed by atoms with Crippen LogP contribution in [0.15, 0.2) is 29.3 Å². The number of nitrogens with two attached hydrogens (primary N) is 2. The van der Waals surface area contributed by atoms with Crippen molar-refractivity contribution in [2.45, 2.75) is 31.8 Å². The van der Waals surface area contributed by atoms with Crippen molar-refractivity contribution in [3.63, 3.8) is 0 Å². The van der Waals surface area contributed by atoms with Gasteiger partial charge in [0.15, 0.2) is 5.96 Å². The van der Waals surface area contributed by atoms with Crippen LogP contribution in [0.2, 0.25) is 0 Å². The largest absolute Gasteiger partial charge is 0.370 e. The Morgan fingerprint density at radius 2 is 1.75 bits per heavy atom. The lowest BCUT2D eigenvalue weighted by Crippen LogP contribution is -2.49. The van der Waals surface area contributed by atoms with E-state index in [1.165, 1.54) is 0 Å². The molecule has 1 unspecified atom stereocenters. The predicted molar refractivity (Wildman–Crippen MR) is 125 cm³/mol. The molecule has 1 aromatic rings. The summed E-state index contributed by atoms with van der Waals surface area (Å²) in [6.45, 7) is 0.889. The first-order chi connectivity index (χ1) is 15.3. The summed E-state index contributed by atoms with van der Waals surface area (Å²) in [6.07, 6.45) is 1.44. The van der Waals surface area contributed by atoms with E-state index in [4.69, 9.17) is 11.5 Å². The fourth-order valence-electron chi connectivity index (χ4n) is 2.69. The first kappa shape index (κ1) is 26.8. The van der Waals surface area contributed by atoms with Crippen LogP contribution in [-0.4, -0.2) is 61.5 Å². The van der Waals surface area contributed by atoms with Crippen molar-refractivity contribution in [3.8, 4) is 0 Å². The number of aliphatic imine (C=N–C) groups is 1. The van der Waals surface area contributed by atoms with Gasteiger partial charge in [0.1, 0.15) is 6.04 Å². The molecule has 4 amide bonds. The molecular weight excluding hydrogens is 434 g/mol. The number of nitrogens with one attached hydrogen (secondary N) is 4. The van der Waals surface area contributed by atoms with Crippen molar-refractivity contribution in [1.29, 1.82) is 0 Å². The third-order valence-corrected chi connectivity index (χ3v) is 4.45. The normalized spacial score (nSPS) is 11.0. The molecule has 1 aromatic carbocycles. The van der Waals surface area contributed by atoms with E-state index in [-0.39, 0.29) is 30.7 Å². The molecule has 0 spiro atoms. The highest BCUT2D eigenvalue weighted by atomic mass is 32.1. The molecule has 0 saturated carbocycles. The molecule has 0 fully saturated rings. The maximum atomic E-state index is 12.5. The van der Waals surface area contributed by atoms with E-state index in [9.17, 15) is 19.2 Å². The van der Waals surface area contributed by atoms with Gasteiger partial charge in [-0.15, -0.1) is 0 Å². The van der Waals surface area contributed by atoms with E-state index in [1.54, 1.807) is 12.1 Å². The zero-order valence-electron chi connectivity index (χ0n) is 17.8. The van der Waals surface area contributed by atoms with Crippen molar-refractivity contribution in [3.05, 3.63) is 35.4 Å². The van der Waals surface area contributed by atoms with Crippen LogP contribution in [0, 0.1) is 0 Å². The molecule has 176 valence electrons. The minimum atomic E-state index is -0.842. The highest BCUT2D eigenvalue weighted by Crippen LogP contribution is 2.06. The Kier molecular flexibility index (Phi) is 13.0. The van der Waals surface area contributed by atoms with Crippen LogP contribution in [0.25, 0.3) is 0 Å². The molecule has 1 atom stereocenters. The quantitative estimate of drug-likeness (QED) is 0.0526. The third kappa shape index (κ3) is 11.8. The van der Waals surface area contributed by atoms with Crippen LogP contribution in [0.1, 0.15) is 24.0 Å². The van der Waals surface area contributed by atoms with Crippen molar-refractivity contribution in [1.82, 2.24) is 21.3 Å². The van der Waals surface area contributed by atoms with Crippen LogP contribution in [0.3, 0.4) is 0 Å². The molecule has 32 heavy (non-hydrogen) atoms. The highest BCUT2D eigenvalue weighted by molar-refractivity contribution is 7.80. The van der Waals surface area contributed by atoms with Gasteiger partial charge in [-0.25, -0.2) is 0 Å². The molecule has 0 aromatic heterocycles. The average molecular weight is 466 g/mol. The number of hydrogen-bond acceptors (Lipinski definition) is 6. The fourth-order valence-corrected chi connectivity index (χ4v) is 2.80. The van der Waals surface area contributed by atoms with Gasteiger partial charge in [-0.1, -0.05) is 24.3 Å². The molecule has 0 heterocycles. The molecule has 0 aliphatic carbocycles.